The molecule has 0 saturated heterocycles. The second kappa shape index (κ2) is 6.73. The molecule has 1 aliphatic rings. The summed E-state index contributed by atoms with van der Waals surface area (Å²) in [6, 6.07) is 0. The highest BCUT2D eigenvalue weighted by Crippen LogP contribution is 2.26. The second-order valence-corrected chi connectivity index (χ2v) is 5.33. The summed E-state index contributed by atoms with van der Waals surface area (Å²) < 4.78 is 4.86. The molecule has 1 fully saturated rings. The van der Waals surface area contributed by atoms with E-state index in [0.717, 1.165) is 12.8 Å². The van der Waals surface area contributed by atoms with E-state index in [2.05, 4.69) is 5.32 Å². The summed E-state index contributed by atoms with van der Waals surface area (Å²) in [5.41, 5.74) is -1.33. The second-order valence-electron chi connectivity index (χ2n) is 5.33. The number of ether oxygens (including phenoxy) is 1. The Morgan fingerprint density at radius 3 is 2.44 bits per heavy atom. The summed E-state index contributed by atoms with van der Waals surface area (Å²) >= 11 is 0. The monoisotopic (exact) mass is 257 g/mol. The molecule has 0 aromatic heterocycles. The van der Waals surface area contributed by atoms with Gasteiger partial charge in [-0.25, -0.2) is 4.79 Å². The topological polar surface area (TPSA) is 75.6 Å². The Hall–Kier alpha value is -1.10. The number of hydrogen-bond acceptors (Lipinski definition) is 3. The molecule has 0 aliphatic heterocycles. The standard InChI is InChI=1S/C13H23NO4/c1-13(9-18-2,12(16)17)14-11(15)8-10-6-4-3-5-7-10/h10H,3-9H2,1-2H3,(H,14,15)(H,16,17). The number of hydrogen-bond donors (Lipinski definition) is 2. The van der Waals surface area contributed by atoms with Gasteiger partial charge in [-0.2, -0.15) is 0 Å². The average Bonchev–Trinajstić information content (AvgIpc) is 2.30. The number of methoxy groups -OCH3 is 1. The number of amides is 1. The fourth-order valence-electron chi connectivity index (χ4n) is 2.45. The lowest BCUT2D eigenvalue weighted by molar-refractivity contribution is -0.149. The van der Waals surface area contributed by atoms with Crippen LogP contribution in [0.5, 0.6) is 0 Å². The number of carbonyl (C=O) groups is 2. The van der Waals surface area contributed by atoms with E-state index in [-0.39, 0.29) is 12.5 Å². The van der Waals surface area contributed by atoms with E-state index >= 15 is 0 Å². The number of rotatable bonds is 6. The number of carboxylic acids is 1. The molecule has 2 N–H and O–H groups in total. The summed E-state index contributed by atoms with van der Waals surface area (Å²) in [4.78, 5) is 23.0. The maximum absolute atomic E-state index is 11.9. The van der Waals surface area contributed by atoms with E-state index in [1.165, 1.54) is 33.3 Å². The predicted molar refractivity (Wildman–Crippen MR) is 67.3 cm³/mol. The molecule has 0 radical (unpaired) electrons. The van der Waals surface area contributed by atoms with E-state index in [9.17, 15) is 9.59 Å². The van der Waals surface area contributed by atoms with Crippen molar-refractivity contribution < 1.29 is 19.4 Å². The van der Waals surface area contributed by atoms with Gasteiger partial charge in [0.25, 0.3) is 0 Å². The minimum atomic E-state index is -1.33. The van der Waals surface area contributed by atoms with Gasteiger partial charge < -0.3 is 15.2 Å². The van der Waals surface area contributed by atoms with Crippen molar-refractivity contribution in [1.29, 1.82) is 0 Å². The van der Waals surface area contributed by atoms with Crippen LogP contribution in [0, 0.1) is 5.92 Å². The molecule has 1 amide bonds. The van der Waals surface area contributed by atoms with Crippen LogP contribution in [0.3, 0.4) is 0 Å². The highest BCUT2D eigenvalue weighted by Gasteiger charge is 2.35. The zero-order valence-electron chi connectivity index (χ0n) is 11.2. The summed E-state index contributed by atoms with van der Waals surface area (Å²) in [6.07, 6.45) is 6.16. The van der Waals surface area contributed by atoms with Gasteiger partial charge in [-0.15, -0.1) is 0 Å². The van der Waals surface area contributed by atoms with Gasteiger partial charge in [0, 0.05) is 13.5 Å². The van der Waals surface area contributed by atoms with Crippen molar-refractivity contribution in [2.24, 2.45) is 5.92 Å². The summed E-state index contributed by atoms with van der Waals surface area (Å²) in [6.45, 7) is 1.44. The minimum absolute atomic E-state index is 0.0290. The lowest BCUT2D eigenvalue weighted by Gasteiger charge is -2.27. The molecule has 5 nitrogen and oxygen atoms in total. The largest absolute Gasteiger partial charge is 0.479 e. The Bertz CT molecular complexity index is 299. The van der Waals surface area contributed by atoms with Crippen molar-refractivity contribution in [1.82, 2.24) is 5.32 Å². The van der Waals surface area contributed by atoms with Gasteiger partial charge in [-0.05, 0) is 25.7 Å². The highest BCUT2D eigenvalue weighted by atomic mass is 16.5. The zero-order valence-corrected chi connectivity index (χ0v) is 11.2. The molecular weight excluding hydrogens is 234 g/mol. The van der Waals surface area contributed by atoms with Crippen LogP contribution < -0.4 is 5.32 Å². The molecule has 18 heavy (non-hydrogen) atoms. The first-order valence-electron chi connectivity index (χ1n) is 6.51. The highest BCUT2D eigenvalue weighted by molar-refractivity contribution is 5.86. The molecular formula is C13H23NO4. The molecule has 0 heterocycles. The number of nitrogens with one attached hydrogen (secondary N) is 1. The molecule has 104 valence electrons. The summed E-state index contributed by atoms with van der Waals surface area (Å²) in [7, 11) is 1.43. The van der Waals surface area contributed by atoms with Crippen LogP contribution >= 0.6 is 0 Å². The molecule has 1 saturated carbocycles. The molecule has 1 atom stereocenters. The molecule has 0 bridgehead atoms. The number of carbonyl (C=O) groups excluding carboxylic acids is 1. The Morgan fingerprint density at radius 2 is 1.94 bits per heavy atom. The van der Waals surface area contributed by atoms with E-state index < -0.39 is 11.5 Å². The van der Waals surface area contributed by atoms with Crippen LogP contribution in [0.2, 0.25) is 0 Å². The van der Waals surface area contributed by atoms with Gasteiger partial charge in [0.1, 0.15) is 0 Å². The lowest BCUT2D eigenvalue weighted by atomic mass is 9.86. The normalized spacial score (nSPS) is 20.1. The average molecular weight is 257 g/mol. The first kappa shape index (κ1) is 15.0. The first-order valence-corrected chi connectivity index (χ1v) is 6.51. The van der Waals surface area contributed by atoms with Crippen LogP contribution in [0.1, 0.15) is 45.4 Å². The fraction of sp³-hybridized carbons (Fsp3) is 0.846. The minimum Gasteiger partial charge on any atom is -0.479 e. The number of carboxylic acid groups (broad SMARTS) is 1. The van der Waals surface area contributed by atoms with Crippen molar-refractivity contribution in [2.75, 3.05) is 13.7 Å². The van der Waals surface area contributed by atoms with Gasteiger partial charge >= 0.3 is 5.97 Å². The summed E-state index contributed by atoms with van der Waals surface area (Å²) in [5, 5.41) is 11.7. The van der Waals surface area contributed by atoms with Crippen molar-refractivity contribution in [3.05, 3.63) is 0 Å². The first-order chi connectivity index (χ1) is 8.48. The molecule has 1 aliphatic carbocycles. The fourth-order valence-corrected chi connectivity index (χ4v) is 2.45. The Kier molecular flexibility index (Phi) is 5.59. The SMILES string of the molecule is COCC(C)(NC(=O)CC1CCCCC1)C(=O)O. The smallest absolute Gasteiger partial charge is 0.331 e. The van der Waals surface area contributed by atoms with Crippen molar-refractivity contribution >= 4 is 11.9 Å². The Labute approximate surface area is 108 Å². The zero-order chi connectivity index (χ0) is 13.6. The van der Waals surface area contributed by atoms with E-state index in [1.54, 1.807) is 0 Å². The van der Waals surface area contributed by atoms with Crippen LogP contribution in [-0.4, -0.2) is 36.2 Å². The van der Waals surface area contributed by atoms with Gasteiger partial charge in [-0.3, -0.25) is 4.79 Å². The van der Waals surface area contributed by atoms with Crippen LogP contribution in [0.25, 0.3) is 0 Å². The van der Waals surface area contributed by atoms with E-state index in [0.29, 0.717) is 12.3 Å². The Morgan fingerprint density at radius 1 is 1.33 bits per heavy atom. The molecule has 0 aromatic rings. The third kappa shape index (κ3) is 4.29. The molecule has 1 rings (SSSR count). The van der Waals surface area contributed by atoms with E-state index in [1.807, 2.05) is 0 Å². The number of aliphatic carboxylic acids is 1. The van der Waals surface area contributed by atoms with Gasteiger partial charge in [0.2, 0.25) is 5.91 Å². The maximum atomic E-state index is 11.9. The van der Waals surface area contributed by atoms with Crippen LogP contribution in [0.4, 0.5) is 0 Å². The molecule has 0 aromatic carbocycles. The van der Waals surface area contributed by atoms with Gasteiger partial charge in [-0.1, -0.05) is 19.3 Å². The third-order valence-electron chi connectivity index (χ3n) is 3.52. The van der Waals surface area contributed by atoms with Crippen LogP contribution in [0.15, 0.2) is 0 Å². The van der Waals surface area contributed by atoms with Crippen molar-refractivity contribution in [2.45, 2.75) is 51.0 Å². The van der Waals surface area contributed by atoms with Gasteiger partial charge in [0.15, 0.2) is 5.54 Å². The van der Waals surface area contributed by atoms with Crippen molar-refractivity contribution in [3.8, 4) is 0 Å². The van der Waals surface area contributed by atoms with Crippen LogP contribution in [-0.2, 0) is 14.3 Å². The van der Waals surface area contributed by atoms with E-state index in [4.69, 9.17) is 9.84 Å². The molecule has 1 unspecified atom stereocenters. The van der Waals surface area contributed by atoms with Gasteiger partial charge in [0.05, 0.1) is 6.61 Å². The quantitative estimate of drug-likeness (QED) is 0.757. The maximum Gasteiger partial charge on any atom is 0.331 e. The Balaban J connectivity index is 2.48. The summed E-state index contributed by atoms with van der Waals surface area (Å²) in [5.74, 6) is -0.857. The predicted octanol–water partition coefficient (Wildman–Crippen LogP) is 1.56. The molecule has 0 spiro atoms. The lowest BCUT2D eigenvalue weighted by Crippen LogP contribution is -2.55. The molecule has 5 heteroatoms. The van der Waals surface area contributed by atoms with Crippen molar-refractivity contribution in [3.63, 3.8) is 0 Å². The third-order valence-corrected chi connectivity index (χ3v) is 3.52.